The number of nitrogens with one attached hydrogen (secondary N) is 1. The van der Waals surface area contributed by atoms with E-state index in [4.69, 9.17) is 0 Å². The third kappa shape index (κ3) is 4.95. The van der Waals surface area contributed by atoms with Gasteiger partial charge in [-0.1, -0.05) is 31.2 Å². The monoisotopic (exact) mass is 458 g/mol. The Morgan fingerprint density at radius 1 is 0.839 bits per heavy atom. The van der Waals surface area contributed by atoms with Gasteiger partial charge in [0.05, 0.1) is 21.2 Å². The summed E-state index contributed by atoms with van der Waals surface area (Å²) < 4.78 is 50.9. The van der Waals surface area contributed by atoms with Gasteiger partial charge in [0, 0.05) is 18.3 Å². The van der Waals surface area contributed by atoms with Gasteiger partial charge in [0.2, 0.25) is 0 Å². The van der Waals surface area contributed by atoms with Gasteiger partial charge < -0.3 is 5.32 Å². The van der Waals surface area contributed by atoms with Crippen molar-refractivity contribution in [2.75, 3.05) is 22.4 Å². The Kier molecular flexibility index (Phi) is 6.47. The van der Waals surface area contributed by atoms with Gasteiger partial charge in [-0.05, 0) is 54.6 Å². The quantitative estimate of drug-likeness (QED) is 0.583. The molecule has 0 aliphatic carbocycles. The minimum Gasteiger partial charge on any atom is -0.322 e. The lowest BCUT2D eigenvalue weighted by atomic mass is 10.2. The molecule has 162 valence electrons. The molecule has 9 heteroatoms. The van der Waals surface area contributed by atoms with Crippen LogP contribution in [0.3, 0.4) is 0 Å². The zero-order chi connectivity index (χ0) is 22.6. The fraction of sp³-hybridized carbons (Fsp3) is 0.136. The number of para-hydroxylation sites is 1. The first-order valence-corrected chi connectivity index (χ1v) is 12.5. The van der Waals surface area contributed by atoms with Crippen molar-refractivity contribution in [3.63, 3.8) is 0 Å². The average molecular weight is 459 g/mol. The second-order valence-electron chi connectivity index (χ2n) is 6.72. The van der Waals surface area contributed by atoms with Crippen LogP contribution in [0.4, 0.5) is 11.4 Å². The molecule has 1 amide bonds. The average Bonchev–Trinajstić information content (AvgIpc) is 2.79. The Morgan fingerprint density at radius 2 is 1.48 bits per heavy atom. The molecule has 7 nitrogen and oxygen atoms in total. The number of nitrogens with zero attached hydrogens (tertiary/aromatic N) is 1. The number of rotatable bonds is 7. The SMILES string of the molecule is CCS(=O)(=O)c1ccc(C(=O)Nc2cccc(S(=O)(=O)N(C)c3ccccc3)c2)cc1. The second kappa shape index (κ2) is 8.91. The van der Waals surface area contributed by atoms with E-state index in [-0.39, 0.29) is 21.1 Å². The lowest BCUT2D eigenvalue weighted by Crippen LogP contribution is -2.26. The lowest BCUT2D eigenvalue weighted by Gasteiger charge is -2.19. The van der Waals surface area contributed by atoms with Crippen molar-refractivity contribution >= 4 is 37.1 Å². The molecule has 3 rings (SSSR count). The lowest BCUT2D eigenvalue weighted by molar-refractivity contribution is 0.102. The van der Waals surface area contributed by atoms with Crippen molar-refractivity contribution in [3.8, 4) is 0 Å². The van der Waals surface area contributed by atoms with Gasteiger partial charge in [0.15, 0.2) is 9.84 Å². The maximum Gasteiger partial charge on any atom is 0.264 e. The van der Waals surface area contributed by atoms with E-state index in [0.717, 1.165) is 0 Å². The highest BCUT2D eigenvalue weighted by Gasteiger charge is 2.22. The molecular weight excluding hydrogens is 436 g/mol. The Balaban J connectivity index is 1.81. The fourth-order valence-corrected chi connectivity index (χ4v) is 4.98. The summed E-state index contributed by atoms with van der Waals surface area (Å²) in [6, 6.07) is 20.2. The number of carbonyl (C=O) groups excluding carboxylic acids is 1. The molecule has 0 saturated carbocycles. The molecule has 0 aliphatic heterocycles. The van der Waals surface area contributed by atoms with Crippen molar-refractivity contribution in [2.45, 2.75) is 16.7 Å². The molecule has 3 aromatic rings. The molecule has 0 radical (unpaired) electrons. The van der Waals surface area contributed by atoms with Gasteiger partial charge in [-0.2, -0.15) is 0 Å². The number of carbonyl (C=O) groups is 1. The molecule has 0 aliphatic rings. The first-order chi connectivity index (χ1) is 14.6. The van der Waals surface area contributed by atoms with Crippen LogP contribution < -0.4 is 9.62 Å². The van der Waals surface area contributed by atoms with Gasteiger partial charge >= 0.3 is 0 Å². The van der Waals surface area contributed by atoms with Crippen molar-refractivity contribution in [2.24, 2.45) is 0 Å². The van der Waals surface area contributed by atoms with Crippen molar-refractivity contribution in [3.05, 3.63) is 84.4 Å². The molecule has 1 N–H and O–H groups in total. The number of hydrogen-bond acceptors (Lipinski definition) is 5. The molecule has 0 saturated heterocycles. The molecular formula is C22H22N2O5S2. The highest BCUT2D eigenvalue weighted by Crippen LogP contribution is 2.24. The van der Waals surface area contributed by atoms with Crippen LogP contribution in [0.5, 0.6) is 0 Å². The number of hydrogen-bond donors (Lipinski definition) is 1. The third-order valence-corrected chi connectivity index (χ3v) is 8.26. The molecule has 0 unspecified atom stereocenters. The number of sulfonamides is 1. The Bertz CT molecular complexity index is 1290. The molecule has 0 bridgehead atoms. The van der Waals surface area contributed by atoms with E-state index in [2.05, 4.69) is 5.32 Å². The number of sulfone groups is 1. The summed E-state index contributed by atoms with van der Waals surface area (Å²) in [4.78, 5) is 12.7. The maximum atomic E-state index is 13.0. The molecule has 0 fully saturated rings. The third-order valence-electron chi connectivity index (χ3n) is 4.73. The second-order valence-corrected chi connectivity index (χ2v) is 11.0. The van der Waals surface area contributed by atoms with Crippen LogP contribution in [0.25, 0.3) is 0 Å². The number of benzene rings is 3. The first kappa shape index (κ1) is 22.5. The molecule has 31 heavy (non-hydrogen) atoms. The highest BCUT2D eigenvalue weighted by atomic mass is 32.2. The van der Waals surface area contributed by atoms with Gasteiger partial charge in [0.25, 0.3) is 15.9 Å². The van der Waals surface area contributed by atoms with E-state index in [9.17, 15) is 21.6 Å². The smallest absolute Gasteiger partial charge is 0.264 e. The van der Waals surface area contributed by atoms with E-state index < -0.39 is 25.8 Å². The molecule has 0 spiro atoms. The summed E-state index contributed by atoms with van der Waals surface area (Å²) in [6.07, 6.45) is 0. The van der Waals surface area contributed by atoms with Crippen LogP contribution in [0.15, 0.2) is 88.7 Å². The summed E-state index contributed by atoms with van der Waals surface area (Å²) in [5, 5.41) is 2.65. The Labute approximate surface area is 182 Å². The predicted molar refractivity (Wildman–Crippen MR) is 121 cm³/mol. The largest absolute Gasteiger partial charge is 0.322 e. The van der Waals surface area contributed by atoms with E-state index in [1.54, 1.807) is 43.3 Å². The predicted octanol–water partition coefficient (Wildman–Crippen LogP) is 3.56. The summed E-state index contributed by atoms with van der Waals surface area (Å²) in [6.45, 7) is 1.55. The van der Waals surface area contributed by atoms with Crippen LogP contribution in [-0.2, 0) is 19.9 Å². The summed E-state index contributed by atoms with van der Waals surface area (Å²) in [5.74, 6) is -0.511. The van der Waals surface area contributed by atoms with E-state index in [0.29, 0.717) is 11.4 Å². The number of amides is 1. The fourth-order valence-electron chi connectivity index (χ4n) is 2.85. The van der Waals surface area contributed by atoms with E-state index >= 15 is 0 Å². The summed E-state index contributed by atoms with van der Waals surface area (Å²) >= 11 is 0. The topological polar surface area (TPSA) is 101 Å². The Morgan fingerprint density at radius 3 is 2.10 bits per heavy atom. The van der Waals surface area contributed by atoms with Gasteiger partial charge in [0.1, 0.15) is 0 Å². The van der Waals surface area contributed by atoms with Crippen molar-refractivity contribution in [1.82, 2.24) is 0 Å². The van der Waals surface area contributed by atoms with Crippen LogP contribution >= 0.6 is 0 Å². The van der Waals surface area contributed by atoms with Gasteiger partial charge in [-0.25, -0.2) is 16.8 Å². The molecule has 0 aromatic heterocycles. The van der Waals surface area contributed by atoms with Gasteiger partial charge in [-0.15, -0.1) is 0 Å². The van der Waals surface area contributed by atoms with Gasteiger partial charge in [-0.3, -0.25) is 9.10 Å². The Hall–Kier alpha value is -3.17. The minimum atomic E-state index is -3.82. The maximum absolute atomic E-state index is 13.0. The molecule has 0 heterocycles. The highest BCUT2D eigenvalue weighted by molar-refractivity contribution is 7.92. The van der Waals surface area contributed by atoms with Crippen LogP contribution in [0, 0.1) is 0 Å². The molecule has 0 atom stereocenters. The summed E-state index contributed by atoms with van der Waals surface area (Å²) in [7, 11) is -5.72. The van der Waals surface area contributed by atoms with E-state index in [1.165, 1.54) is 53.8 Å². The minimum absolute atomic E-state index is 0.0287. The zero-order valence-corrected chi connectivity index (χ0v) is 18.7. The van der Waals surface area contributed by atoms with Crippen LogP contribution in [-0.4, -0.2) is 35.5 Å². The number of anilines is 2. The first-order valence-electron chi connectivity index (χ1n) is 9.43. The zero-order valence-electron chi connectivity index (χ0n) is 17.0. The standard InChI is InChI=1S/C22H22N2O5S2/c1-3-30(26,27)20-14-12-17(13-15-20)22(25)23-18-8-7-11-21(16-18)31(28,29)24(2)19-9-5-4-6-10-19/h4-16H,3H2,1-2H3,(H,23,25). The summed E-state index contributed by atoms with van der Waals surface area (Å²) in [5.41, 5.74) is 1.07. The van der Waals surface area contributed by atoms with E-state index in [1.807, 2.05) is 0 Å². The normalized spacial score (nSPS) is 11.7. The van der Waals surface area contributed by atoms with Crippen molar-refractivity contribution < 1.29 is 21.6 Å². The van der Waals surface area contributed by atoms with Crippen LogP contribution in [0.2, 0.25) is 0 Å². The molecule has 3 aromatic carbocycles. The van der Waals surface area contributed by atoms with Crippen LogP contribution in [0.1, 0.15) is 17.3 Å². The van der Waals surface area contributed by atoms with Crippen molar-refractivity contribution in [1.29, 1.82) is 0 Å².